The van der Waals surface area contributed by atoms with Gasteiger partial charge in [-0.1, -0.05) is 37.3 Å². The fourth-order valence-electron chi connectivity index (χ4n) is 4.14. The Bertz CT molecular complexity index is 1040. The number of hydrogen-bond donors (Lipinski definition) is 0. The number of rotatable bonds is 4. The smallest absolute Gasteiger partial charge is 0.243 e. The fraction of sp³-hybridized carbons (Fsp3) is 0.364. The third kappa shape index (κ3) is 3.30. The fourth-order valence-corrected chi connectivity index (χ4v) is 5.61. The molecule has 3 aromatic rings. The number of aromatic nitrogens is 1. The summed E-state index contributed by atoms with van der Waals surface area (Å²) in [7, 11) is -1.29. The standard InChI is InChI=1S/C22H26N2O2S/c1-3-17-8-10-20(11-9-17)27(25,26)24-14-12-18(13-15-24)22-16-19-6-4-5-7-21(19)23(22)2/h4-11,16,18H,3,12-15H2,1-2H3. The third-order valence-electron chi connectivity index (χ3n) is 5.83. The van der Waals surface area contributed by atoms with Crippen molar-refractivity contribution in [3.63, 3.8) is 0 Å². The molecule has 0 radical (unpaired) electrons. The van der Waals surface area contributed by atoms with Gasteiger partial charge < -0.3 is 4.57 Å². The van der Waals surface area contributed by atoms with Gasteiger partial charge in [-0.3, -0.25) is 0 Å². The van der Waals surface area contributed by atoms with E-state index >= 15 is 0 Å². The molecule has 142 valence electrons. The summed E-state index contributed by atoms with van der Waals surface area (Å²) in [6.45, 7) is 3.22. The third-order valence-corrected chi connectivity index (χ3v) is 7.74. The molecule has 0 aliphatic carbocycles. The number of hydrogen-bond acceptors (Lipinski definition) is 2. The summed E-state index contributed by atoms with van der Waals surface area (Å²) in [5, 5.41) is 1.25. The van der Waals surface area contributed by atoms with Crippen molar-refractivity contribution in [3.8, 4) is 0 Å². The highest BCUT2D eigenvalue weighted by molar-refractivity contribution is 7.89. The number of benzene rings is 2. The molecule has 0 spiro atoms. The predicted octanol–water partition coefficient (Wildman–Crippen LogP) is 4.31. The van der Waals surface area contributed by atoms with Crippen LogP contribution in [0.5, 0.6) is 0 Å². The van der Waals surface area contributed by atoms with Gasteiger partial charge in [0.1, 0.15) is 0 Å². The lowest BCUT2D eigenvalue weighted by Gasteiger charge is -2.31. The molecule has 4 rings (SSSR count). The van der Waals surface area contributed by atoms with E-state index in [9.17, 15) is 8.42 Å². The first-order valence-electron chi connectivity index (χ1n) is 9.64. The van der Waals surface area contributed by atoms with Crippen molar-refractivity contribution in [3.05, 3.63) is 65.9 Å². The molecule has 2 aromatic carbocycles. The van der Waals surface area contributed by atoms with E-state index in [4.69, 9.17) is 0 Å². The highest BCUT2D eigenvalue weighted by Crippen LogP contribution is 2.33. The molecule has 4 nitrogen and oxygen atoms in total. The van der Waals surface area contributed by atoms with Crippen LogP contribution in [-0.2, 0) is 23.5 Å². The van der Waals surface area contributed by atoms with Crippen molar-refractivity contribution in [2.45, 2.75) is 37.0 Å². The Morgan fingerprint density at radius 2 is 1.67 bits per heavy atom. The molecule has 5 heteroatoms. The molecule has 1 aromatic heterocycles. The summed E-state index contributed by atoms with van der Waals surface area (Å²) in [6.07, 6.45) is 2.63. The highest BCUT2D eigenvalue weighted by atomic mass is 32.2. The second kappa shape index (κ2) is 7.13. The van der Waals surface area contributed by atoms with Crippen LogP contribution in [0.2, 0.25) is 0 Å². The van der Waals surface area contributed by atoms with Gasteiger partial charge in [0.2, 0.25) is 10.0 Å². The second-order valence-corrected chi connectivity index (χ2v) is 9.30. The molecule has 2 heterocycles. The van der Waals surface area contributed by atoms with E-state index in [0.29, 0.717) is 23.9 Å². The lowest BCUT2D eigenvalue weighted by molar-refractivity contribution is 0.314. The van der Waals surface area contributed by atoms with Gasteiger partial charge >= 0.3 is 0 Å². The Morgan fingerprint density at radius 1 is 1.00 bits per heavy atom. The van der Waals surface area contributed by atoms with E-state index in [1.54, 1.807) is 16.4 Å². The van der Waals surface area contributed by atoms with Gasteiger partial charge in [0.25, 0.3) is 0 Å². The summed E-state index contributed by atoms with van der Waals surface area (Å²) < 4.78 is 29.8. The van der Waals surface area contributed by atoms with Crippen LogP contribution in [0.25, 0.3) is 10.9 Å². The van der Waals surface area contributed by atoms with Crippen molar-refractivity contribution in [2.75, 3.05) is 13.1 Å². The van der Waals surface area contributed by atoms with Crippen molar-refractivity contribution in [2.24, 2.45) is 7.05 Å². The predicted molar refractivity (Wildman–Crippen MR) is 109 cm³/mol. The van der Waals surface area contributed by atoms with Crippen LogP contribution in [0.4, 0.5) is 0 Å². The summed E-state index contributed by atoms with van der Waals surface area (Å²) in [5.74, 6) is 0.399. The van der Waals surface area contributed by atoms with Gasteiger partial charge in [0.05, 0.1) is 4.90 Å². The Kier molecular flexibility index (Phi) is 4.82. The van der Waals surface area contributed by atoms with Gasteiger partial charge in [-0.15, -0.1) is 0 Å². The van der Waals surface area contributed by atoms with Crippen LogP contribution in [0.3, 0.4) is 0 Å². The van der Waals surface area contributed by atoms with Gasteiger partial charge in [0.15, 0.2) is 0 Å². The van der Waals surface area contributed by atoms with Crippen molar-refractivity contribution < 1.29 is 8.42 Å². The minimum atomic E-state index is -3.40. The van der Waals surface area contributed by atoms with E-state index in [1.807, 2.05) is 12.1 Å². The lowest BCUT2D eigenvalue weighted by atomic mass is 9.94. The Labute approximate surface area is 161 Å². The molecule has 0 atom stereocenters. The van der Waals surface area contributed by atoms with Crippen LogP contribution in [-0.4, -0.2) is 30.4 Å². The molecule has 0 unspecified atom stereocenters. The first-order chi connectivity index (χ1) is 13.0. The van der Waals surface area contributed by atoms with Crippen molar-refractivity contribution >= 4 is 20.9 Å². The molecule has 1 fully saturated rings. The number of piperidine rings is 1. The maximum absolute atomic E-state index is 13.0. The molecule has 1 saturated heterocycles. The van der Waals surface area contributed by atoms with Gasteiger partial charge in [0, 0.05) is 37.3 Å². The summed E-state index contributed by atoms with van der Waals surface area (Å²) in [5.41, 5.74) is 3.70. The Morgan fingerprint density at radius 3 is 2.30 bits per heavy atom. The zero-order valence-corrected chi connectivity index (χ0v) is 16.7. The number of para-hydroxylation sites is 1. The molecule has 27 heavy (non-hydrogen) atoms. The molecular formula is C22H26N2O2S. The molecule has 0 N–H and O–H groups in total. The normalized spacial score (nSPS) is 16.8. The first-order valence-corrected chi connectivity index (χ1v) is 11.1. The summed E-state index contributed by atoms with van der Waals surface area (Å²) in [6, 6.07) is 18.0. The second-order valence-electron chi connectivity index (χ2n) is 7.36. The van der Waals surface area contributed by atoms with Crippen LogP contribution in [0.15, 0.2) is 59.5 Å². The van der Waals surface area contributed by atoms with Gasteiger partial charge in [-0.2, -0.15) is 4.31 Å². The maximum atomic E-state index is 13.0. The largest absolute Gasteiger partial charge is 0.347 e. The highest BCUT2D eigenvalue weighted by Gasteiger charge is 2.31. The molecule has 0 bridgehead atoms. The summed E-state index contributed by atoms with van der Waals surface area (Å²) >= 11 is 0. The van der Waals surface area contributed by atoms with E-state index in [-0.39, 0.29) is 0 Å². The number of fused-ring (bicyclic) bond motifs is 1. The number of nitrogens with zero attached hydrogens (tertiary/aromatic N) is 2. The monoisotopic (exact) mass is 382 g/mol. The van der Waals surface area contributed by atoms with Crippen LogP contribution in [0.1, 0.15) is 36.9 Å². The van der Waals surface area contributed by atoms with Crippen LogP contribution >= 0.6 is 0 Å². The Balaban J connectivity index is 1.51. The SMILES string of the molecule is CCc1ccc(S(=O)(=O)N2CCC(c3cc4ccccc4n3C)CC2)cc1. The van der Waals surface area contributed by atoms with Crippen LogP contribution < -0.4 is 0 Å². The van der Waals surface area contributed by atoms with Crippen molar-refractivity contribution in [1.82, 2.24) is 8.87 Å². The van der Waals surface area contributed by atoms with Gasteiger partial charge in [-0.05, 0) is 54.5 Å². The molecule has 1 aliphatic rings. The average molecular weight is 383 g/mol. The first kappa shape index (κ1) is 18.3. The quantitative estimate of drug-likeness (QED) is 0.675. The minimum absolute atomic E-state index is 0.399. The van der Waals surface area contributed by atoms with E-state index < -0.39 is 10.0 Å². The molecule has 1 aliphatic heterocycles. The topological polar surface area (TPSA) is 42.3 Å². The number of aryl methyl sites for hydroxylation is 2. The molecule has 0 amide bonds. The van der Waals surface area contributed by atoms with Gasteiger partial charge in [-0.25, -0.2) is 8.42 Å². The lowest BCUT2D eigenvalue weighted by Crippen LogP contribution is -2.38. The maximum Gasteiger partial charge on any atom is 0.243 e. The zero-order valence-electron chi connectivity index (χ0n) is 15.9. The van der Waals surface area contributed by atoms with E-state index in [1.165, 1.54) is 16.6 Å². The number of sulfonamides is 1. The van der Waals surface area contributed by atoms with Crippen molar-refractivity contribution in [1.29, 1.82) is 0 Å². The molecule has 0 saturated carbocycles. The Hall–Kier alpha value is -2.11. The zero-order chi connectivity index (χ0) is 19.0. The minimum Gasteiger partial charge on any atom is -0.347 e. The van der Waals surface area contributed by atoms with E-state index in [0.717, 1.165) is 24.8 Å². The summed E-state index contributed by atoms with van der Waals surface area (Å²) in [4.78, 5) is 0.405. The van der Waals surface area contributed by atoms with Crippen LogP contribution in [0, 0.1) is 0 Å². The average Bonchev–Trinajstić information content (AvgIpc) is 3.05. The van der Waals surface area contributed by atoms with E-state index in [2.05, 4.69) is 48.9 Å². The molecular weight excluding hydrogens is 356 g/mol.